The first-order valence-electron chi connectivity index (χ1n) is 5.81. The molecule has 17 heavy (non-hydrogen) atoms. The van der Waals surface area contributed by atoms with Gasteiger partial charge in [0.25, 0.3) is 0 Å². The Labute approximate surface area is 104 Å². The van der Waals surface area contributed by atoms with Crippen LogP contribution in [-0.2, 0) is 6.42 Å². The number of aromatic nitrogens is 1. The van der Waals surface area contributed by atoms with Crippen LogP contribution in [0, 0.1) is 0 Å². The monoisotopic (exact) mass is 246 g/mol. The van der Waals surface area contributed by atoms with E-state index in [1.165, 1.54) is 17.5 Å². The number of fused-ring (bicyclic) bond motifs is 1. The van der Waals surface area contributed by atoms with Gasteiger partial charge in [-0.3, -0.25) is 0 Å². The zero-order valence-corrected chi connectivity index (χ0v) is 10.2. The van der Waals surface area contributed by atoms with Crippen LogP contribution in [-0.4, -0.2) is 10.1 Å². The summed E-state index contributed by atoms with van der Waals surface area (Å²) in [6, 6.07) is 5.95. The van der Waals surface area contributed by atoms with E-state index < -0.39 is 0 Å². The van der Waals surface area contributed by atoms with E-state index >= 15 is 0 Å². The van der Waals surface area contributed by atoms with Crippen molar-refractivity contribution in [3.63, 3.8) is 0 Å². The third-order valence-electron chi connectivity index (χ3n) is 3.17. The van der Waals surface area contributed by atoms with Crippen molar-refractivity contribution in [2.24, 2.45) is 0 Å². The van der Waals surface area contributed by atoms with Gasteiger partial charge in [-0.25, -0.2) is 4.98 Å². The zero-order chi connectivity index (χ0) is 11.7. The van der Waals surface area contributed by atoms with Gasteiger partial charge in [-0.05, 0) is 42.5 Å². The fraction of sp³-hybridized carbons (Fsp3) is 0.308. The molecule has 1 aliphatic carbocycles. The van der Waals surface area contributed by atoms with Gasteiger partial charge in [0.2, 0.25) is 0 Å². The van der Waals surface area contributed by atoms with Crippen LogP contribution in [0.2, 0.25) is 0 Å². The number of nitrogens with zero attached hydrogens (tertiary/aromatic N) is 1. The first-order valence-corrected chi connectivity index (χ1v) is 6.69. The Balaban J connectivity index is 1.90. The van der Waals surface area contributed by atoms with Crippen LogP contribution in [0.4, 0.5) is 5.13 Å². The number of nitrogens with one attached hydrogen (secondary N) is 1. The van der Waals surface area contributed by atoms with Crippen molar-refractivity contribution in [2.75, 3.05) is 5.32 Å². The Morgan fingerprint density at radius 3 is 3.18 bits per heavy atom. The van der Waals surface area contributed by atoms with E-state index in [0.717, 1.165) is 18.0 Å². The molecule has 1 aromatic carbocycles. The molecule has 0 saturated heterocycles. The molecule has 88 valence electrons. The number of hydrogen-bond acceptors (Lipinski definition) is 4. The fourth-order valence-corrected chi connectivity index (χ4v) is 2.96. The molecular weight excluding hydrogens is 232 g/mol. The molecule has 0 saturated carbocycles. The quantitative estimate of drug-likeness (QED) is 0.854. The van der Waals surface area contributed by atoms with E-state index in [-0.39, 0.29) is 6.04 Å². The second-order valence-corrected chi connectivity index (χ2v) is 5.20. The number of anilines is 1. The van der Waals surface area contributed by atoms with Crippen LogP contribution in [0.1, 0.15) is 30.0 Å². The lowest BCUT2D eigenvalue weighted by Crippen LogP contribution is -2.17. The molecule has 3 nitrogen and oxygen atoms in total. The van der Waals surface area contributed by atoms with Crippen molar-refractivity contribution >= 4 is 16.5 Å². The van der Waals surface area contributed by atoms with Crippen LogP contribution in [0.15, 0.2) is 29.8 Å². The van der Waals surface area contributed by atoms with E-state index in [0.29, 0.717) is 5.75 Å². The van der Waals surface area contributed by atoms with Gasteiger partial charge in [0, 0.05) is 11.6 Å². The minimum absolute atomic E-state index is 0.275. The topological polar surface area (TPSA) is 45.1 Å². The van der Waals surface area contributed by atoms with E-state index in [4.69, 9.17) is 0 Å². The Hall–Kier alpha value is -1.55. The number of phenolic OH excluding ortho intramolecular Hbond substituents is 1. The van der Waals surface area contributed by atoms with Crippen molar-refractivity contribution < 1.29 is 5.11 Å². The predicted molar refractivity (Wildman–Crippen MR) is 69.5 cm³/mol. The minimum Gasteiger partial charge on any atom is -0.508 e. The molecular formula is C13H14N2OS. The Morgan fingerprint density at radius 1 is 1.41 bits per heavy atom. The largest absolute Gasteiger partial charge is 0.508 e. The summed E-state index contributed by atoms with van der Waals surface area (Å²) in [5.74, 6) is 0.344. The number of phenols is 1. The maximum absolute atomic E-state index is 9.59. The van der Waals surface area contributed by atoms with E-state index in [1.54, 1.807) is 23.6 Å². The average Bonchev–Trinajstić information content (AvgIpc) is 2.83. The third-order valence-corrected chi connectivity index (χ3v) is 3.88. The van der Waals surface area contributed by atoms with Crippen molar-refractivity contribution in [3.05, 3.63) is 40.9 Å². The smallest absolute Gasteiger partial charge is 0.183 e. The standard InChI is InChI=1S/C13H14N2OS/c16-10-5-4-9-2-1-3-12(11(9)8-10)15-13-14-6-7-17-13/h4-8,12,16H,1-3H2,(H,14,15). The first-order chi connectivity index (χ1) is 8.33. The van der Waals surface area contributed by atoms with Gasteiger partial charge in [-0.1, -0.05) is 6.07 Å². The van der Waals surface area contributed by atoms with Crippen molar-refractivity contribution in [2.45, 2.75) is 25.3 Å². The highest BCUT2D eigenvalue weighted by atomic mass is 32.1. The summed E-state index contributed by atoms with van der Waals surface area (Å²) >= 11 is 1.61. The van der Waals surface area contributed by atoms with Crippen molar-refractivity contribution in [3.8, 4) is 5.75 Å². The molecule has 0 radical (unpaired) electrons. The number of rotatable bonds is 2. The maximum atomic E-state index is 9.59. The summed E-state index contributed by atoms with van der Waals surface area (Å²) in [6.45, 7) is 0. The highest BCUT2D eigenvalue weighted by Crippen LogP contribution is 2.34. The Bertz CT molecular complexity index is 510. The summed E-state index contributed by atoms with van der Waals surface area (Å²) in [5.41, 5.74) is 2.55. The highest BCUT2D eigenvalue weighted by molar-refractivity contribution is 7.13. The van der Waals surface area contributed by atoms with Gasteiger partial charge < -0.3 is 10.4 Å². The molecule has 4 heteroatoms. The van der Waals surface area contributed by atoms with Crippen LogP contribution >= 0.6 is 11.3 Å². The number of thiazole rings is 1. The normalized spacial score (nSPS) is 18.7. The number of aryl methyl sites for hydroxylation is 1. The molecule has 0 aliphatic heterocycles. The second kappa shape index (κ2) is 4.37. The molecule has 0 amide bonds. The van der Waals surface area contributed by atoms with Gasteiger partial charge in [0.15, 0.2) is 5.13 Å². The Morgan fingerprint density at radius 2 is 2.35 bits per heavy atom. The molecule has 1 aliphatic rings. The van der Waals surface area contributed by atoms with Gasteiger partial charge >= 0.3 is 0 Å². The lowest BCUT2D eigenvalue weighted by atomic mass is 9.87. The van der Waals surface area contributed by atoms with Crippen LogP contribution in [0.5, 0.6) is 5.75 Å². The fourth-order valence-electron chi connectivity index (χ4n) is 2.38. The summed E-state index contributed by atoms with van der Waals surface area (Å²) < 4.78 is 0. The molecule has 1 unspecified atom stereocenters. The molecule has 1 atom stereocenters. The van der Waals surface area contributed by atoms with E-state index in [1.807, 2.05) is 17.5 Å². The summed E-state index contributed by atoms with van der Waals surface area (Å²) in [5, 5.41) is 15.9. The second-order valence-electron chi connectivity index (χ2n) is 4.31. The highest BCUT2D eigenvalue weighted by Gasteiger charge is 2.20. The number of hydrogen-bond donors (Lipinski definition) is 2. The molecule has 3 rings (SSSR count). The lowest BCUT2D eigenvalue weighted by molar-refractivity contribution is 0.471. The van der Waals surface area contributed by atoms with Crippen molar-refractivity contribution in [1.29, 1.82) is 0 Å². The molecule has 0 fully saturated rings. The van der Waals surface area contributed by atoms with Crippen LogP contribution < -0.4 is 5.32 Å². The maximum Gasteiger partial charge on any atom is 0.183 e. The molecule has 0 bridgehead atoms. The first kappa shape index (κ1) is 10.6. The molecule has 0 spiro atoms. The van der Waals surface area contributed by atoms with E-state index in [9.17, 15) is 5.11 Å². The van der Waals surface area contributed by atoms with Gasteiger partial charge in [0.1, 0.15) is 5.75 Å². The Kier molecular flexibility index (Phi) is 2.73. The molecule has 1 heterocycles. The summed E-state index contributed by atoms with van der Waals surface area (Å²) in [4.78, 5) is 4.25. The molecule has 2 N–H and O–H groups in total. The van der Waals surface area contributed by atoms with Gasteiger partial charge in [0.05, 0.1) is 6.04 Å². The summed E-state index contributed by atoms with van der Waals surface area (Å²) in [6.07, 6.45) is 5.18. The lowest BCUT2D eigenvalue weighted by Gasteiger charge is -2.26. The van der Waals surface area contributed by atoms with Crippen LogP contribution in [0.25, 0.3) is 0 Å². The molecule has 2 aromatic rings. The number of benzene rings is 1. The zero-order valence-electron chi connectivity index (χ0n) is 9.39. The minimum atomic E-state index is 0.275. The average molecular weight is 246 g/mol. The van der Waals surface area contributed by atoms with Crippen LogP contribution in [0.3, 0.4) is 0 Å². The SMILES string of the molecule is Oc1ccc2c(c1)C(Nc1nccs1)CCC2. The summed E-state index contributed by atoms with van der Waals surface area (Å²) in [7, 11) is 0. The van der Waals surface area contributed by atoms with E-state index in [2.05, 4.69) is 10.3 Å². The van der Waals surface area contributed by atoms with Gasteiger partial charge in [-0.15, -0.1) is 11.3 Å². The van der Waals surface area contributed by atoms with Gasteiger partial charge in [-0.2, -0.15) is 0 Å². The number of aromatic hydroxyl groups is 1. The molecule has 1 aromatic heterocycles. The van der Waals surface area contributed by atoms with Crippen molar-refractivity contribution in [1.82, 2.24) is 4.98 Å². The predicted octanol–water partition coefficient (Wildman–Crippen LogP) is 3.34. The third kappa shape index (κ3) is 2.13.